The van der Waals surface area contributed by atoms with Crippen LogP contribution in [-0.4, -0.2) is 47.0 Å². The second-order valence-corrected chi connectivity index (χ2v) is 4.00. The van der Waals surface area contributed by atoms with E-state index < -0.39 is 12.0 Å². The molecule has 1 unspecified atom stereocenters. The zero-order chi connectivity index (χ0) is 10.3. The quantitative estimate of drug-likeness (QED) is 0.490. The predicted octanol–water partition coefficient (Wildman–Crippen LogP) is 0.671. The van der Waals surface area contributed by atoms with Crippen molar-refractivity contribution in [2.45, 2.75) is 19.4 Å². The van der Waals surface area contributed by atoms with Crippen LogP contribution >= 0.6 is 11.8 Å². The zero-order valence-corrected chi connectivity index (χ0v) is 8.71. The summed E-state index contributed by atoms with van der Waals surface area (Å²) in [6.07, 6.45) is 1.05. The minimum Gasteiger partial charge on any atom is -0.480 e. The Bertz CT molecular complexity index is 175. The van der Waals surface area contributed by atoms with Gasteiger partial charge in [-0.15, -0.1) is 0 Å². The Morgan fingerprint density at radius 1 is 1.69 bits per heavy atom. The first-order valence-electron chi connectivity index (χ1n) is 4.11. The van der Waals surface area contributed by atoms with Crippen LogP contribution in [0.15, 0.2) is 0 Å². The molecule has 0 aliphatic carbocycles. The van der Waals surface area contributed by atoms with Crippen molar-refractivity contribution in [2.75, 3.05) is 18.6 Å². The minimum absolute atomic E-state index is 0.503. The van der Waals surface area contributed by atoms with Crippen LogP contribution in [0.5, 0.6) is 0 Å². The molecular weight excluding hydrogens is 190 g/mol. The second-order valence-electron chi connectivity index (χ2n) is 2.61. The maximum absolute atomic E-state index is 10.7. The van der Waals surface area contributed by atoms with Crippen molar-refractivity contribution < 1.29 is 14.7 Å². The predicted molar refractivity (Wildman–Crippen MR) is 52.9 cm³/mol. The molecule has 0 saturated heterocycles. The van der Waals surface area contributed by atoms with Gasteiger partial charge in [0.1, 0.15) is 6.04 Å². The van der Waals surface area contributed by atoms with E-state index in [9.17, 15) is 9.59 Å². The Labute approximate surface area is 82.3 Å². The van der Waals surface area contributed by atoms with Crippen LogP contribution in [0.3, 0.4) is 0 Å². The van der Waals surface area contributed by atoms with Gasteiger partial charge in [-0.05, 0) is 17.9 Å². The molecule has 0 saturated carbocycles. The highest BCUT2D eigenvalue weighted by atomic mass is 32.2. The van der Waals surface area contributed by atoms with Gasteiger partial charge in [0.25, 0.3) is 0 Å². The molecule has 1 amide bonds. The number of carboxylic acid groups (broad SMARTS) is 1. The van der Waals surface area contributed by atoms with E-state index in [4.69, 9.17) is 5.11 Å². The summed E-state index contributed by atoms with van der Waals surface area (Å²) in [7, 11) is 1.49. The fraction of sp³-hybridized carbons (Fsp3) is 0.750. The van der Waals surface area contributed by atoms with E-state index >= 15 is 0 Å². The van der Waals surface area contributed by atoms with Gasteiger partial charge in [-0.25, -0.2) is 4.79 Å². The highest BCUT2D eigenvalue weighted by Crippen LogP contribution is 2.07. The van der Waals surface area contributed by atoms with Crippen molar-refractivity contribution >= 4 is 24.1 Å². The number of likely N-dealkylation sites (N-methyl/N-ethyl adjacent to an activating group) is 1. The molecule has 0 rings (SSSR count). The molecule has 4 nitrogen and oxygen atoms in total. The van der Waals surface area contributed by atoms with Gasteiger partial charge < -0.3 is 10.0 Å². The van der Waals surface area contributed by atoms with E-state index in [2.05, 4.69) is 0 Å². The first-order valence-corrected chi connectivity index (χ1v) is 5.26. The van der Waals surface area contributed by atoms with Crippen LogP contribution in [0, 0.1) is 0 Å². The van der Waals surface area contributed by atoms with E-state index in [0.29, 0.717) is 12.8 Å². The van der Waals surface area contributed by atoms with Gasteiger partial charge in [-0.3, -0.25) is 4.79 Å². The molecule has 0 fully saturated rings. The van der Waals surface area contributed by atoms with Crippen LogP contribution in [0.2, 0.25) is 0 Å². The molecule has 76 valence electrons. The van der Waals surface area contributed by atoms with Gasteiger partial charge >= 0.3 is 5.97 Å². The van der Waals surface area contributed by atoms with Crippen LogP contribution in [0.4, 0.5) is 0 Å². The molecule has 0 heterocycles. The molecule has 5 heteroatoms. The summed E-state index contributed by atoms with van der Waals surface area (Å²) in [6, 6.07) is -0.684. The maximum atomic E-state index is 10.7. The SMILES string of the molecule is CCSCCC(C(=O)O)N(C)C=O. The summed E-state index contributed by atoms with van der Waals surface area (Å²) in [5, 5.41) is 8.76. The van der Waals surface area contributed by atoms with Crippen molar-refractivity contribution in [1.29, 1.82) is 0 Å². The number of hydrogen-bond donors (Lipinski definition) is 1. The van der Waals surface area contributed by atoms with Gasteiger partial charge in [0.15, 0.2) is 0 Å². The minimum atomic E-state index is -0.939. The number of aliphatic carboxylic acids is 1. The lowest BCUT2D eigenvalue weighted by Gasteiger charge is -2.19. The van der Waals surface area contributed by atoms with Crippen LogP contribution < -0.4 is 0 Å². The molecule has 1 N–H and O–H groups in total. The second kappa shape index (κ2) is 6.77. The lowest BCUT2D eigenvalue weighted by atomic mass is 10.2. The number of nitrogens with zero attached hydrogens (tertiary/aromatic N) is 1. The first-order chi connectivity index (χ1) is 6.13. The maximum Gasteiger partial charge on any atom is 0.326 e. The highest BCUT2D eigenvalue weighted by Gasteiger charge is 2.20. The van der Waals surface area contributed by atoms with Crippen LogP contribution in [-0.2, 0) is 9.59 Å². The number of rotatable bonds is 7. The van der Waals surface area contributed by atoms with Crippen molar-refractivity contribution in [3.63, 3.8) is 0 Å². The van der Waals surface area contributed by atoms with E-state index in [1.165, 1.54) is 11.9 Å². The molecule has 0 aromatic carbocycles. The van der Waals surface area contributed by atoms with Crippen molar-refractivity contribution in [1.82, 2.24) is 4.90 Å². The molecule has 0 aliphatic heterocycles. The van der Waals surface area contributed by atoms with Gasteiger partial charge in [0, 0.05) is 7.05 Å². The number of carbonyl (C=O) groups excluding carboxylic acids is 1. The van der Waals surface area contributed by atoms with Crippen LogP contribution in [0.25, 0.3) is 0 Å². The first kappa shape index (κ1) is 12.3. The molecule has 0 spiro atoms. The molecule has 0 aromatic rings. The van der Waals surface area contributed by atoms with E-state index in [1.54, 1.807) is 11.8 Å². The number of hydrogen-bond acceptors (Lipinski definition) is 3. The normalized spacial score (nSPS) is 12.2. The van der Waals surface area contributed by atoms with E-state index in [1.807, 2.05) is 6.92 Å². The molecule has 0 aliphatic rings. The lowest BCUT2D eigenvalue weighted by molar-refractivity contribution is -0.145. The van der Waals surface area contributed by atoms with E-state index in [0.717, 1.165) is 11.5 Å². The fourth-order valence-electron chi connectivity index (χ4n) is 0.914. The van der Waals surface area contributed by atoms with Gasteiger partial charge in [-0.1, -0.05) is 6.92 Å². The summed E-state index contributed by atoms with van der Waals surface area (Å²) in [5.74, 6) is 0.800. The molecule has 0 aromatic heterocycles. The standard InChI is InChI=1S/C8H15NO3S/c1-3-13-5-4-7(8(11)12)9(2)6-10/h6-7H,3-5H2,1-2H3,(H,11,12). The van der Waals surface area contributed by atoms with Crippen molar-refractivity contribution in [3.05, 3.63) is 0 Å². The summed E-state index contributed by atoms with van der Waals surface area (Å²) in [5.41, 5.74) is 0. The zero-order valence-electron chi connectivity index (χ0n) is 7.90. The average molecular weight is 205 g/mol. The smallest absolute Gasteiger partial charge is 0.326 e. The Balaban J connectivity index is 3.95. The van der Waals surface area contributed by atoms with Crippen molar-refractivity contribution in [2.24, 2.45) is 0 Å². The third-order valence-electron chi connectivity index (χ3n) is 1.68. The van der Waals surface area contributed by atoms with Gasteiger partial charge in [-0.2, -0.15) is 11.8 Å². The third-order valence-corrected chi connectivity index (χ3v) is 2.62. The van der Waals surface area contributed by atoms with Gasteiger partial charge in [0.2, 0.25) is 6.41 Å². The summed E-state index contributed by atoms with van der Waals surface area (Å²) in [4.78, 5) is 22.2. The molecule has 0 radical (unpaired) electrons. The molecule has 13 heavy (non-hydrogen) atoms. The average Bonchev–Trinajstić information content (AvgIpc) is 2.11. The Morgan fingerprint density at radius 3 is 2.69 bits per heavy atom. The third kappa shape index (κ3) is 4.77. The monoisotopic (exact) mass is 205 g/mol. The summed E-state index contributed by atoms with van der Waals surface area (Å²) < 4.78 is 0. The lowest BCUT2D eigenvalue weighted by Crippen LogP contribution is -2.37. The highest BCUT2D eigenvalue weighted by molar-refractivity contribution is 7.99. The van der Waals surface area contributed by atoms with E-state index in [-0.39, 0.29) is 0 Å². The molecular formula is C8H15NO3S. The van der Waals surface area contributed by atoms with Crippen molar-refractivity contribution in [3.8, 4) is 0 Å². The van der Waals surface area contributed by atoms with Crippen LogP contribution in [0.1, 0.15) is 13.3 Å². The largest absolute Gasteiger partial charge is 0.480 e. The summed E-state index contributed by atoms with van der Waals surface area (Å²) >= 11 is 1.68. The topological polar surface area (TPSA) is 57.6 Å². The Hall–Kier alpha value is -0.710. The Kier molecular flexibility index (Phi) is 6.40. The van der Waals surface area contributed by atoms with Gasteiger partial charge in [0.05, 0.1) is 0 Å². The molecule has 0 bridgehead atoms. The Morgan fingerprint density at radius 2 is 2.31 bits per heavy atom. The molecule has 1 atom stereocenters. The number of carbonyl (C=O) groups is 2. The number of thioether (sulfide) groups is 1. The fourth-order valence-corrected chi connectivity index (χ4v) is 1.59. The summed E-state index contributed by atoms with van der Waals surface area (Å²) in [6.45, 7) is 2.02. The number of carboxylic acids is 1. The number of amides is 1.